The predicted octanol–water partition coefficient (Wildman–Crippen LogP) is 3.98. The van der Waals surface area contributed by atoms with Crippen LogP contribution in [0.3, 0.4) is 0 Å². The summed E-state index contributed by atoms with van der Waals surface area (Å²) in [5.41, 5.74) is 1.15. The first-order valence-electron chi connectivity index (χ1n) is 6.93. The van der Waals surface area contributed by atoms with Gasteiger partial charge in [0.05, 0.1) is 12.6 Å². The fraction of sp³-hybridized carbons (Fsp3) is 0.294. The molecule has 21 heavy (non-hydrogen) atoms. The highest BCUT2D eigenvalue weighted by Crippen LogP contribution is 2.33. The molecule has 0 heterocycles. The third kappa shape index (κ3) is 3.05. The maximum absolute atomic E-state index is 14.4. The van der Waals surface area contributed by atoms with E-state index in [2.05, 4.69) is 5.32 Å². The normalized spacial score (nSPS) is 12.2. The van der Waals surface area contributed by atoms with Crippen LogP contribution in [-0.2, 0) is 0 Å². The van der Waals surface area contributed by atoms with Gasteiger partial charge >= 0.3 is 0 Å². The van der Waals surface area contributed by atoms with Gasteiger partial charge in [0.15, 0.2) is 0 Å². The maximum Gasteiger partial charge on any atom is 0.134 e. The summed E-state index contributed by atoms with van der Waals surface area (Å²) in [6, 6.07) is 9.41. The highest BCUT2D eigenvalue weighted by atomic mass is 19.1. The molecule has 1 N–H and O–H groups in total. The summed E-state index contributed by atoms with van der Waals surface area (Å²) in [5, 5.41) is 2.98. The lowest BCUT2D eigenvalue weighted by Gasteiger charge is -2.22. The third-order valence-electron chi connectivity index (χ3n) is 3.43. The lowest BCUT2D eigenvalue weighted by Crippen LogP contribution is -2.21. The standard InChI is InChI=1S/C17H19F2NO/c1-4-21-14-8-6-5-7-12(14)17(20-3)15-13(18)10-9-11(2)16(15)19/h5-10,17,20H,4H2,1-3H3. The Hall–Kier alpha value is -1.94. The van der Waals surface area contributed by atoms with Gasteiger partial charge in [-0.25, -0.2) is 8.78 Å². The first-order valence-corrected chi connectivity index (χ1v) is 6.93. The molecule has 0 amide bonds. The van der Waals surface area contributed by atoms with E-state index >= 15 is 0 Å². The van der Waals surface area contributed by atoms with E-state index in [0.29, 0.717) is 23.5 Å². The van der Waals surface area contributed by atoms with Crippen molar-refractivity contribution >= 4 is 0 Å². The number of rotatable bonds is 5. The molecule has 0 saturated heterocycles. The zero-order valence-corrected chi connectivity index (χ0v) is 12.4. The van der Waals surface area contributed by atoms with E-state index in [0.717, 1.165) is 0 Å². The highest BCUT2D eigenvalue weighted by molar-refractivity contribution is 5.43. The van der Waals surface area contributed by atoms with Gasteiger partial charge in [-0.05, 0) is 38.6 Å². The molecule has 0 aromatic heterocycles. The molecule has 0 spiro atoms. The summed E-state index contributed by atoms with van der Waals surface area (Å²) in [6.45, 7) is 3.99. The van der Waals surface area contributed by atoms with E-state index in [9.17, 15) is 8.78 Å². The minimum atomic E-state index is -0.604. The second kappa shape index (κ2) is 6.68. The van der Waals surface area contributed by atoms with Gasteiger partial charge in [-0.3, -0.25) is 0 Å². The molecule has 0 aliphatic carbocycles. The first kappa shape index (κ1) is 15.4. The molecule has 0 aliphatic heterocycles. The average molecular weight is 291 g/mol. The average Bonchev–Trinajstić information content (AvgIpc) is 2.49. The number of hydrogen-bond donors (Lipinski definition) is 1. The number of aryl methyl sites for hydroxylation is 1. The van der Waals surface area contributed by atoms with Crippen molar-refractivity contribution in [2.75, 3.05) is 13.7 Å². The molecule has 1 unspecified atom stereocenters. The van der Waals surface area contributed by atoms with E-state index < -0.39 is 17.7 Å². The van der Waals surface area contributed by atoms with Crippen LogP contribution in [0.2, 0.25) is 0 Å². The second-order valence-corrected chi connectivity index (χ2v) is 4.78. The number of hydrogen-bond acceptors (Lipinski definition) is 2. The summed E-state index contributed by atoms with van der Waals surface area (Å²) in [6.07, 6.45) is 0. The zero-order valence-electron chi connectivity index (χ0n) is 12.4. The lowest BCUT2D eigenvalue weighted by molar-refractivity contribution is 0.333. The van der Waals surface area contributed by atoms with Gasteiger partial charge in [0.25, 0.3) is 0 Å². The van der Waals surface area contributed by atoms with Crippen molar-refractivity contribution in [1.29, 1.82) is 0 Å². The molecule has 0 radical (unpaired) electrons. The second-order valence-electron chi connectivity index (χ2n) is 4.78. The number of nitrogens with one attached hydrogen (secondary N) is 1. The van der Waals surface area contributed by atoms with Crippen molar-refractivity contribution in [1.82, 2.24) is 5.32 Å². The Morgan fingerprint density at radius 2 is 1.86 bits per heavy atom. The molecule has 0 fully saturated rings. The fourth-order valence-electron chi connectivity index (χ4n) is 2.40. The van der Waals surface area contributed by atoms with Gasteiger partial charge in [-0.1, -0.05) is 24.3 Å². The van der Waals surface area contributed by atoms with E-state index in [1.165, 1.54) is 12.1 Å². The molecule has 0 saturated carbocycles. The third-order valence-corrected chi connectivity index (χ3v) is 3.43. The molecule has 2 rings (SSSR count). The largest absolute Gasteiger partial charge is 0.494 e. The summed E-state index contributed by atoms with van der Waals surface area (Å²) in [7, 11) is 1.68. The van der Waals surface area contributed by atoms with Crippen molar-refractivity contribution in [3.8, 4) is 5.75 Å². The molecule has 112 valence electrons. The number of halogens is 2. The van der Waals surface area contributed by atoms with Gasteiger partial charge in [-0.2, -0.15) is 0 Å². The molecule has 0 bridgehead atoms. The first-order chi connectivity index (χ1) is 10.1. The van der Waals surface area contributed by atoms with Gasteiger partial charge < -0.3 is 10.1 Å². The van der Waals surface area contributed by atoms with Crippen LogP contribution in [-0.4, -0.2) is 13.7 Å². The highest BCUT2D eigenvalue weighted by Gasteiger charge is 2.24. The van der Waals surface area contributed by atoms with Crippen LogP contribution >= 0.6 is 0 Å². The fourth-order valence-corrected chi connectivity index (χ4v) is 2.40. The van der Waals surface area contributed by atoms with Crippen LogP contribution in [0.1, 0.15) is 29.7 Å². The van der Waals surface area contributed by atoms with Gasteiger partial charge in [0, 0.05) is 11.1 Å². The molecule has 1 atom stereocenters. The Bertz CT molecular complexity index is 628. The molecule has 0 aliphatic rings. The number of ether oxygens (including phenoxy) is 1. The molecule has 2 aromatic carbocycles. The van der Waals surface area contributed by atoms with Crippen molar-refractivity contribution in [2.24, 2.45) is 0 Å². The van der Waals surface area contributed by atoms with E-state index in [1.54, 1.807) is 20.0 Å². The van der Waals surface area contributed by atoms with Crippen molar-refractivity contribution in [2.45, 2.75) is 19.9 Å². The molecule has 2 nitrogen and oxygen atoms in total. The van der Waals surface area contributed by atoms with Crippen LogP contribution in [0.25, 0.3) is 0 Å². The van der Waals surface area contributed by atoms with Crippen LogP contribution in [0.15, 0.2) is 36.4 Å². The maximum atomic E-state index is 14.4. The predicted molar refractivity (Wildman–Crippen MR) is 79.6 cm³/mol. The Kier molecular flexibility index (Phi) is 4.91. The Morgan fingerprint density at radius 1 is 1.14 bits per heavy atom. The Labute approximate surface area is 123 Å². The van der Waals surface area contributed by atoms with Crippen molar-refractivity contribution in [3.05, 3.63) is 64.7 Å². The van der Waals surface area contributed by atoms with E-state index in [-0.39, 0.29) is 5.56 Å². The smallest absolute Gasteiger partial charge is 0.134 e. The SMILES string of the molecule is CCOc1ccccc1C(NC)c1c(F)ccc(C)c1F. The number of benzene rings is 2. The van der Waals surface area contributed by atoms with Crippen LogP contribution < -0.4 is 10.1 Å². The van der Waals surface area contributed by atoms with Crippen LogP contribution in [0.4, 0.5) is 8.78 Å². The monoisotopic (exact) mass is 291 g/mol. The van der Waals surface area contributed by atoms with Gasteiger partial charge in [0.2, 0.25) is 0 Å². The summed E-state index contributed by atoms with van der Waals surface area (Å²) in [4.78, 5) is 0. The molecule has 4 heteroatoms. The van der Waals surface area contributed by atoms with Gasteiger partial charge in [-0.15, -0.1) is 0 Å². The van der Waals surface area contributed by atoms with E-state index in [1.807, 2.05) is 25.1 Å². The van der Waals surface area contributed by atoms with Crippen molar-refractivity contribution < 1.29 is 13.5 Å². The molecular weight excluding hydrogens is 272 g/mol. The van der Waals surface area contributed by atoms with Crippen molar-refractivity contribution in [3.63, 3.8) is 0 Å². The summed E-state index contributed by atoms with van der Waals surface area (Å²) in [5.74, 6) is -0.468. The minimum absolute atomic E-state index is 0.0182. The quantitative estimate of drug-likeness (QED) is 0.899. The summed E-state index contributed by atoms with van der Waals surface area (Å²) >= 11 is 0. The Morgan fingerprint density at radius 3 is 2.52 bits per heavy atom. The minimum Gasteiger partial charge on any atom is -0.494 e. The number of para-hydroxylation sites is 1. The Balaban J connectivity index is 2.58. The van der Waals surface area contributed by atoms with Gasteiger partial charge in [0.1, 0.15) is 17.4 Å². The lowest BCUT2D eigenvalue weighted by atomic mass is 9.95. The van der Waals surface area contributed by atoms with Crippen LogP contribution in [0.5, 0.6) is 5.75 Å². The molecular formula is C17H19F2NO. The zero-order chi connectivity index (χ0) is 15.4. The topological polar surface area (TPSA) is 21.3 Å². The van der Waals surface area contributed by atoms with E-state index in [4.69, 9.17) is 4.74 Å². The summed E-state index contributed by atoms with van der Waals surface area (Å²) < 4.78 is 34.1. The molecule has 2 aromatic rings. The van der Waals surface area contributed by atoms with Crippen LogP contribution in [0, 0.1) is 18.6 Å².